The van der Waals surface area contributed by atoms with E-state index in [2.05, 4.69) is 5.32 Å². The number of methoxy groups -OCH3 is 2. The molecule has 0 bridgehead atoms. The summed E-state index contributed by atoms with van der Waals surface area (Å²) in [6, 6.07) is 14.7. The maximum atomic E-state index is 11.8. The van der Waals surface area contributed by atoms with Crippen molar-refractivity contribution in [2.75, 3.05) is 20.8 Å². The van der Waals surface area contributed by atoms with Crippen molar-refractivity contribution in [2.24, 2.45) is 0 Å². The minimum Gasteiger partial charge on any atom is -0.493 e. The molecule has 0 spiro atoms. The maximum Gasteiger partial charge on any atom is 0.331 e. The van der Waals surface area contributed by atoms with E-state index in [1.807, 2.05) is 36.4 Å². The number of benzene rings is 2. The summed E-state index contributed by atoms with van der Waals surface area (Å²) in [4.78, 5) is 23.4. The first-order valence-corrected chi connectivity index (χ1v) is 8.00. The molecule has 26 heavy (non-hydrogen) atoms. The highest BCUT2D eigenvalue weighted by Gasteiger charge is 2.07. The highest BCUT2D eigenvalue weighted by Crippen LogP contribution is 2.27. The van der Waals surface area contributed by atoms with Crippen LogP contribution in [0.1, 0.15) is 11.1 Å². The summed E-state index contributed by atoms with van der Waals surface area (Å²) in [5, 5.41) is 2.68. The molecule has 0 heterocycles. The van der Waals surface area contributed by atoms with Gasteiger partial charge in [0.15, 0.2) is 18.1 Å². The van der Waals surface area contributed by atoms with Crippen molar-refractivity contribution >= 4 is 18.0 Å². The summed E-state index contributed by atoms with van der Waals surface area (Å²) in [6.45, 7) is -0.0537. The molecule has 0 unspecified atom stereocenters. The smallest absolute Gasteiger partial charge is 0.331 e. The fraction of sp³-hybridized carbons (Fsp3) is 0.200. The highest BCUT2D eigenvalue weighted by atomic mass is 16.5. The highest BCUT2D eigenvalue weighted by molar-refractivity contribution is 5.89. The van der Waals surface area contributed by atoms with Gasteiger partial charge < -0.3 is 19.5 Å². The van der Waals surface area contributed by atoms with Gasteiger partial charge in [0.2, 0.25) is 0 Å². The molecule has 1 amide bonds. The van der Waals surface area contributed by atoms with Crippen LogP contribution >= 0.6 is 0 Å². The Hall–Kier alpha value is -3.28. The minimum atomic E-state index is -0.574. The van der Waals surface area contributed by atoms with Crippen LogP contribution in [0, 0.1) is 0 Å². The van der Waals surface area contributed by atoms with Crippen molar-refractivity contribution in [3.05, 3.63) is 65.7 Å². The third-order valence-corrected chi connectivity index (χ3v) is 3.49. The summed E-state index contributed by atoms with van der Waals surface area (Å²) in [6.07, 6.45) is 2.92. The van der Waals surface area contributed by atoms with Crippen LogP contribution in [-0.2, 0) is 20.9 Å². The summed E-state index contributed by atoms with van der Waals surface area (Å²) >= 11 is 0. The van der Waals surface area contributed by atoms with E-state index in [-0.39, 0.29) is 19.1 Å². The van der Waals surface area contributed by atoms with Crippen molar-refractivity contribution in [1.82, 2.24) is 5.32 Å². The second-order valence-electron chi connectivity index (χ2n) is 5.32. The molecule has 0 fully saturated rings. The molecule has 0 saturated heterocycles. The second kappa shape index (κ2) is 9.88. The summed E-state index contributed by atoms with van der Waals surface area (Å²) < 4.78 is 15.3. The van der Waals surface area contributed by atoms with Crippen molar-refractivity contribution in [2.45, 2.75) is 6.54 Å². The van der Waals surface area contributed by atoms with Gasteiger partial charge in [-0.2, -0.15) is 0 Å². The van der Waals surface area contributed by atoms with Crippen LogP contribution in [0.4, 0.5) is 0 Å². The molecule has 6 nitrogen and oxygen atoms in total. The van der Waals surface area contributed by atoms with E-state index in [9.17, 15) is 9.59 Å². The zero-order valence-electron chi connectivity index (χ0n) is 14.7. The van der Waals surface area contributed by atoms with Crippen molar-refractivity contribution in [3.8, 4) is 11.5 Å². The van der Waals surface area contributed by atoms with Crippen LogP contribution in [0.15, 0.2) is 54.6 Å². The van der Waals surface area contributed by atoms with E-state index in [0.717, 1.165) is 11.1 Å². The predicted molar refractivity (Wildman–Crippen MR) is 97.8 cm³/mol. The quantitative estimate of drug-likeness (QED) is 0.582. The molecule has 0 aliphatic rings. The Bertz CT molecular complexity index is 771. The Kier molecular flexibility index (Phi) is 7.24. The molecule has 0 aliphatic heterocycles. The summed E-state index contributed by atoms with van der Waals surface area (Å²) in [5.74, 6) is 0.231. The third kappa shape index (κ3) is 5.98. The van der Waals surface area contributed by atoms with E-state index in [1.165, 1.54) is 6.08 Å². The molecule has 2 rings (SSSR count). The number of rotatable bonds is 8. The first-order valence-electron chi connectivity index (χ1n) is 8.00. The van der Waals surface area contributed by atoms with Crippen LogP contribution in [0.2, 0.25) is 0 Å². The van der Waals surface area contributed by atoms with Crippen molar-refractivity contribution in [3.63, 3.8) is 0 Å². The van der Waals surface area contributed by atoms with Gasteiger partial charge in [0.25, 0.3) is 5.91 Å². The van der Waals surface area contributed by atoms with E-state index in [0.29, 0.717) is 11.5 Å². The largest absolute Gasteiger partial charge is 0.493 e. The van der Waals surface area contributed by atoms with Crippen LogP contribution in [0.25, 0.3) is 6.08 Å². The molecule has 6 heteroatoms. The van der Waals surface area contributed by atoms with Crippen molar-refractivity contribution < 1.29 is 23.8 Å². The lowest BCUT2D eigenvalue weighted by Crippen LogP contribution is -2.28. The van der Waals surface area contributed by atoms with E-state index in [4.69, 9.17) is 14.2 Å². The number of nitrogens with one attached hydrogen (secondary N) is 1. The molecule has 2 aromatic rings. The molecule has 136 valence electrons. The molecule has 1 N–H and O–H groups in total. The molecule has 0 radical (unpaired) electrons. The lowest BCUT2D eigenvalue weighted by atomic mass is 10.2. The van der Waals surface area contributed by atoms with Gasteiger partial charge >= 0.3 is 5.97 Å². The summed E-state index contributed by atoms with van der Waals surface area (Å²) in [5.41, 5.74) is 1.72. The fourth-order valence-corrected chi connectivity index (χ4v) is 2.16. The monoisotopic (exact) mass is 355 g/mol. The Morgan fingerprint density at radius 1 is 1.00 bits per heavy atom. The van der Waals surface area contributed by atoms with Crippen LogP contribution in [0.3, 0.4) is 0 Å². The van der Waals surface area contributed by atoms with Gasteiger partial charge in [-0.15, -0.1) is 0 Å². The van der Waals surface area contributed by atoms with E-state index in [1.54, 1.807) is 32.4 Å². The van der Waals surface area contributed by atoms with Crippen LogP contribution in [-0.4, -0.2) is 32.7 Å². The molecular formula is C20H21NO5. The topological polar surface area (TPSA) is 73.9 Å². The second-order valence-corrected chi connectivity index (χ2v) is 5.32. The van der Waals surface area contributed by atoms with Gasteiger partial charge in [-0.3, -0.25) is 4.79 Å². The van der Waals surface area contributed by atoms with Gasteiger partial charge in [0.05, 0.1) is 14.2 Å². The Balaban J connectivity index is 1.76. The molecular weight excluding hydrogens is 334 g/mol. The van der Waals surface area contributed by atoms with Gasteiger partial charge in [-0.25, -0.2) is 4.79 Å². The fourth-order valence-electron chi connectivity index (χ4n) is 2.16. The lowest BCUT2D eigenvalue weighted by Gasteiger charge is -2.10. The molecule has 2 aromatic carbocycles. The average molecular weight is 355 g/mol. The average Bonchev–Trinajstić information content (AvgIpc) is 2.69. The van der Waals surface area contributed by atoms with E-state index >= 15 is 0 Å². The predicted octanol–water partition coefficient (Wildman–Crippen LogP) is 2.58. The zero-order valence-corrected chi connectivity index (χ0v) is 14.7. The van der Waals surface area contributed by atoms with Crippen LogP contribution in [0.5, 0.6) is 11.5 Å². The van der Waals surface area contributed by atoms with E-state index < -0.39 is 5.97 Å². The molecule has 0 aromatic heterocycles. The Morgan fingerprint density at radius 2 is 1.73 bits per heavy atom. The lowest BCUT2D eigenvalue weighted by molar-refractivity contribution is -0.143. The number of ether oxygens (including phenoxy) is 3. The normalized spacial score (nSPS) is 10.4. The van der Waals surface area contributed by atoms with Crippen molar-refractivity contribution in [1.29, 1.82) is 0 Å². The molecule has 0 aliphatic carbocycles. The standard InChI is InChI=1S/C20H21NO5/c1-24-17-10-8-16(12-18(17)25-2)13-21-19(22)14-26-20(23)11-9-15-6-4-3-5-7-15/h3-12H,13-14H2,1-2H3,(H,21,22)/b11-9+. The number of carbonyl (C=O) groups is 2. The van der Waals surface area contributed by atoms with Crippen LogP contribution < -0.4 is 14.8 Å². The molecule has 0 atom stereocenters. The first kappa shape index (κ1) is 19.1. The van der Waals surface area contributed by atoms with Gasteiger partial charge in [-0.05, 0) is 29.3 Å². The van der Waals surface area contributed by atoms with Gasteiger partial charge in [0, 0.05) is 12.6 Å². The maximum absolute atomic E-state index is 11.8. The zero-order chi connectivity index (χ0) is 18.8. The minimum absolute atomic E-state index is 0.288. The Morgan fingerprint density at radius 3 is 2.42 bits per heavy atom. The third-order valence-electron chi connectivity index (χ3n) is 3.49. The number of amides is 1. The summed E-state index contributed by atoms with van der Waals surface area (Å²) in [7, 11) is 3.10. The number of hydrogen-bond acceptors (Lipinski definition) is 5. The Labute approximate surface area is 152 Å². The number of carbonyl (C=O) groups excluding carboxylic acids is 2. The SMILES string of the molecule is COc1ccc(CNC(=O)COC(=O)/C=C/c2ccccc2)cc1OC. The van der Waals surface area contributed by atoms with Gasteiger partial charge in [-0.1, -0.05) is 36.4 Å². The number of esters is 1. The number of hydrogen-bond donors (Lipinski definition) is 1. The van der Waals surface area contributed by atoms with Gasteiger partial charge in [0.1, 0.15) is 0 Å². The molecule has 0 saturated carbocycles. The first-order chi connectivity index (χ1) is 12.6.